The second kappa shape index (κ2) is 18.4. The molecule has 0 aliphatic carbocycles. The number of unbranched alkanes of at least 4 members (excludes halogenated alkanes) is 10. The fourth-order valence-electron chi connectivity index (χ4n) is 4.52. The molecule has 204 valence electrons. The van der Waals surface area contributed by atoms with Gasteiger partial charge in [-0.2, -0.15) is 0 Å². The van der Waals surface area contributed by atoms with E-state index in [1.54, 1.807) is 0 Å². The number of carbonyl (C=O) groups is 2. The Balaban J connectivity index is 1.68. The Bertz CT molecular complexity index is 881. The van der Waals surface area contributed by atoms with Crippen molar-refractivity contribution < 1.29 is 9.59 Å². The minimum absolute atomic E-state index is 0.0227. The molecule has 0 aliphatic heterocycles. The van der Waals surface area contributed by atoms with Crippen LogP contribution in [0, 0.1) is 0 Å². The fourth-order valence-corrected chi connectivity index (χ4v) is 4.52. The number of nitrogens with zero attached hydrogens (tertiary/aromatic N) is 2. The normalized spacial score (nSPS) is 10.8. The number of anilines is 2. The molecule has 0 saturated heterocycles. The quantitative estimate of drug-likeness (QED) is 0.199. The smallest absolute Gasteiger partial charge is 0.258 e. The molecule has 37 heavy (non-hydrogen) atoms. The third kappa shape index (κ3) is 12.3. The van der Waals surface area contributed by atoms with Crippen molar-refractivity contribution in [1.82, 2.24) is 5.32 Å². The maximum Gasteiger partial charge on any atom is 0.258 e. The van der Waals surface area contributed by atoms with Crippen molar-refractivity contribution >= 4 is 23.2 Å². The van der Waals surface area contributed by atoms with Crippen molar-refractivity contribution in [3.63, 3.8) is 0 Å². The Morgan fingerprint density at radius 3 is 1.78 bits per heavy atom. The number of amides is 2. The van der Waals surface area contributed by atoms with Gasteiger partial charge in [-0.15, -0.1) is 0 Å². The van der Waals surface area contributed by atoms with Crippen LogP contribution in [0.2, 0.25) is 0 Å². The Hall–Kier alpha value is -2.82. The van der Waals surface area contributed by atoms with Crippen molar-refractivity contribution in [2.24, 2.45) is 0 Å². The molecule has 0 atom stereocenters. The van der Waals surface area contributed by atoms with Crippen LogP contribution in [0.4, 0.5) is 11.4 Å². The van der Waals surface area contributed by atoms with Gasteiger partial charge in [0, 0.05) is 50.5 Å². The van der Waals surface area contributed by atoms with Crippen LogP contribution >= 0.6 is 0 Å². The first-order chi connectivity index (χ1) is 18.0. The van der Waals surface area contributed by atoms with Crippen LogP contribution in [0.15, 0.2) is 54.6 Å². The molecular weight excluding hydrogens is 458 g/mol. The summed E-state index contributed by atoms with van der Waals surface area (Å²) in [7, 11) is 4.00. The van der Waals surface area contributed by atoms with Crippen molar-refractivity contribution in [2.75, 3.05) is 37.0 Å². The van der Waals surface area contributed by atoms with E-state index in [0.717, 1.165) is 24.2 Å². The number of benzene rings is 2. The molecule has 5 heteroatoms. The lowest BCUT2D eigenvalue weighted by molar-refractivity contribution is -0.121. The Kier molecular flexibility index (Phi) is 15.1. The van der Waals surface area contributed by atoms with E-state index in [2.05, 4.69) is 12.2 Å². The van der Waals surface area contributed by atoms with Crippen LogP contribution in [0.25, 0.3) is 0 Å². The van der Waals surface area contributed by atoms with Gasteiger partial charge in [-0.25, -0.2) is 0 Å². The molecule has 0 spiro atoms. The lowest BCUT2D eigenvalue weighted by Gasteiger charge is -2.24. The van der Waals surface area contributed by atoms with Gasteiger partial charge in [0.15, 0.2) is 0 Å². The second-order valence-electron chi connectivity index (χ2n) is 10.2. The Morgan fingerprint density at radius 2 is 1.22 bits per heavy atom. The minimum atomic E-state index is -0.0227. The molecular formula is C32H49N3O2. The SMILES string of the molecule is CCCCCCCCCCCCCC(=O)NCCCN(C(=O)c1ccccc1)c1ccc(N(C)C)cc1. The highest BCUT2D eigenvalue weighted by Gasteiger charge is 2.17. The average molecular weight is 508 g/mol. The van der Waals surface area contributed by atoms with Gasteiger partial charge >= 0.3 is 0 Å². The standard InChI is InChI=1S/C32H49N3O2/c1-4-5-6-7-8-9-10-11-12-13-17-21-31(36)33-26-18-27-35(32(37)28-19-15-14-16-20-28)30-24-22-29(23-25-30)34(2)3/h14-16,19-20,22-25H,4-13,17-18,21,26-27H2,1-3H3,(H,33,36). The van der Waals surface area contributed by atoms with Crippen molar-refractivity contribution in [3.05, 3.63) is 60.2 Å². The first-order valence-corrected chi connectivity index (χ1v) is 14.4. The molecule has 0 aliphatic rings. The molecule has 0 bridgehead atoms. The molecule has 2 amide bonds. The summed E-state index contributed by atoms with van der Waals surface area (Å²) in [6, 6.07) is 17.4. The molecule has 5 nitrogen and oxygen atoms in total. The van der Waals surface area contributed by atoms with E-state index in [0.29, 0.717) is 31.5 Å². The summed E-state index contributed by atoms with van der Waals surface area (Å²) >= 11 is 0. The summed E-state index contributed by atoms with van der Waals surface area (Å²) in [5.74, 6) is 0.0951. The van der Waals surface area contributed by atoms with Gasteiger partial charge in [0.25, 0.3) is 5.91 Å². The summed E-state index contributed by atoms with van der Waals surface area (Å²) in [6.45, 7) is 3.38. The maximum atomic E-state index is 13.2. The summed E-state index contributed by atoms with van der Waals surface area (Å²) in [4.78, 5) is 29.4. The molecule has 0 aromatic heterocycles. The number of hydrogen-bond acceptors (Lipinski definition) is 3. The average Bonchev–Trinajstić information content (AvgIpc) is 2.92. The third-order valence-corrected chi connectivity index (χ3v) is 6.83. The van der Waals surface area contributed by atoms with E-state index in [4.69, 9.17) is 0 Å². The molecule has 2 aromatic rings. The highest BCUT2D eigenvalue weighted by molar-refractivity contribution is 6.06. The van der Waals surface area contributed by atoms with Gasteiger partial charge < -0.3 is 15.1 Å². The van der Waals surface area contributed by atoms with Crippen LogP contribution in [0.5, 0.6) is 0 Å². The molecule has 2 aromatic carbocycles. The maximum absolute atomic E-state index is 13.2. The predicted octanol–water partition coefficient (Wildman–Crippen LogP) is 7.61. The number of nitrogens with one attached hydrogen (secondary N) is 1. The topological polar surface area (TPSA) is 52.7 Å². The van der Waals surface area contributed by atoms with E-state index in [-0.39, 0.29) is 11.8 Å². The molecule has 0 unspecified atom stereocenters. The summed E-state index contributed by atoms with van der Waals surface area (Å²) in [6.07, 6.45) is 15.4. The largest absolute Gasteiger partial charge is 0.378 e. The molecule has 1 N–H and O–H groups in total. The van der Waals surface area contributed by atoms with Crippen LogP contribution < -0.4 is 15.1 Å². The molecule has 0 radical (unpaired) electrons. The zero-order valence-electron chi connectivity index (χ0n) is 23.5. The van der Waals surface area contributed by atoms with Crippen LogP contribution in [0.1, 0.15) is 101 Å². The van der Waals surface area contributed by atoms with Gasteiger partial charge in [-0.3, -0.25) is 9.59 Å². The first kappa shape index (κ1) is 30.4. The van der Waals surface area contributed by atoms with Crippen LogP contribution in [0.3, 0.4) is 0 Å². The number of hydrogen-bond donors (Lipinski definition) is 1. The monoisotopic (exact) mass is 507 g/mol. The van der Waals surface area contributed by atoms with Crippen molar-refractivity contribution in [2.45, 2.75) is 90.4 Å². The lowest BCUT2D eigenvalue weighted by Crippen LogP contribution is -2.34. The summed E-state index contributed by atoms with van der Waals surface area (Å²) < 4.78 is 0. The van der Waals surface area contributed by atoms with Gasteiger partial charge in [0.1, 0.15) is 0 Å². The summed E-state index contributed by atoms with van der Waals surface area (Å²) in [5.41, 5.74) is 2.62. The zero-order chi connectivity index (χ0) is 26.7. The first-order valence-electron chi connectivity index (χ1n) is 14.4. The number of rotatable bonds is 19. The summed E-state index contributed by atoms with van der Waals surface area (Å²) in [5, 5.41) is 3.04. The van der Waals surface area contributed by atoms with Gasteiger partial charge in [0.2, 0.25) is 5.91 Å². The molecule has 0 saturated carbocycles. The van der Waals surface area contributed by atoms with Crippen molar-refractivity contribution in [3.8, 4) is 0 Å². The van der Waals surface area contributed by atoms with Gasteiger partial charge in [0.05, 0.1) is 0 Å². The molecule has 2 rings (SSSR count). The Labute approximate surface area is 225 Å². The van der Waals surface area contributed by atoms with Crippen LogP contribution in [-0.4, -0.2) is 39.0 Å². The molecule has 0 heterocycles. The third-order valence-electron chi connectivity index (χ3n) is 6.83. The highest BCUT2D eigenvalue weighted by atomic mass is 16.2. The van der Waals surface area contributed by atoms with Crippen molar-refractivity contribution in [1.29, 1.82) is 0 Å². The minimum Gasteiger partial charge on any atom is -0.378 e. The highest BCUT2D eigenvalue weighted by Crippen LogP contribution is 2.22. The second-order valence-corrected chi connectivity index (χ2v) is 10.2. The van der Waals surface area contributed by atoms with Gasteiger partial charge in [-0.05, 0) is 49.2 Å². The lowest BCUT2D eigenvalue weighted by atomic mass is 10.1. The number of carbonyl (C=O) groups excluding carboxylic acids is 2. The van der Waals surface area contributed by atoms with Gasteiger partial charge in [-0.1, -0.05) is 89.3 Å². The van der Waals surface area contributed by atoms with E-state index in [1.165, 1.54) is 57.8 Å². The van der Waals surface area contributed by atoms with E-state index in [9.17, 15) is 9.59 Å². The zero-order valence-corrected chi connectivity index (χ0v) is 23.5. The predicted molar refractivity (Wildman–Crippen MR) is 158 cm³/mol. The Morgan fingerprint density at radius 1 is 0.676 bits per heavy atom. The fraction of sp³-hybridized carbons (Fsp3) is 0.562. The van der Waals surface area contributed by atoms with E-state index < -0.39 is 0 Å². The van der Waals surface area contributed by atoms with E-state index >= 15 is 0 Å². The van der Waals surface area contributed by atoms with Crippen LogP contribution in [-0.2, 0) is 4.79 Å². The van der Waals surface area contributed by atoms with E-state index in [1.807, 2.05) is 78.5 Å². The molecule has 0 fully saturated rings.